The Kier molecular flexibility index (Phi) is 5.66. The van der Waals surface area contributed by atoms with Gasteiger partial charge in [0.15, 0.2) is 57.0 Å². The number of fused-ring (bicyclic) bond motifs is 20. The number of aromatic amines is 2. The lowest BCUT2D eigenvalue weighted by Gasteiger charge is -2.10. The standard InChI is InChI=1S/C28H18N12O4S2/c1-41-9-5-7-11(43-3)15-13(9)21-29-22-14-10(42-2)6-8-12(44-4)16(14)24(31-22)33-26-18-20(40-46-38-18)28(35-26)36-27-19-17(37-45-39-19)25(34-27)32-23(15)30-21/h5-8H,1-4H3,(H2,29,30,31,32,33,34,35,36). The SMILES string of the molecule is COc1ccc(OC)c2c1-c1nc-2nc2[nH]c(nc3nc(nc4[nH]c(n1)c1nsnc41)-c1nsnc1-3)c1c(OC)ccc(OC)c21. The van der Waals surface area contributed by atoms with Crippen molar-refractivity contribution in [2.45, 2.75) is 0 Å². The van der Waals surface area contributed by atoms with Crippen molar-refractivity contribution >= 4 is 67.9 Å². The number of nitrogens with zero attached hydrogens (tertiary/aromatic N) is 10. The van der Waals surface area contributed by atoms with Crippen molar-refractivity contribution in [1.29, 1.82) is 0 Å². The highest BCUT2D eigenvalue weighted by Gasteiger charge is 2.29. The molecule has 0 aliphatic carbocycles. The maximum Gasteiger partial charge on any atom is 0.186 e. The third-order valence-electron chi connectivity index (χ3n) is 7.68. The maximum atomic E-state index is 5.79. The predicted molar refractivity (Wildman–Crippen MR) is 169 cm³/mol. The first-order chi connectivity index (χ1) is 22.6. The molecule has 0 saturated heterocycles. The minimum Gasteiger partial charge on any atom is -0.496 e. The van der Waals surface area contributed by atoms with E-state index >= 15 is 0 Å². The Morgan fingerprint density at radius 3 is 1.37 bits per heavy atom. The first kappa shape index (κ1) is 26.5. The van der Waals surface area contributed by atoms with Crippen LogP contribution in [0.4, 0.5) is 0 Å². The summed E-state index contributed by atoms with van der Waals surface area (Å²) in [4.78, 5) is 35.9. The molecule has 8 bridgehead atoms. The summed E-state index contributed by atoms with van der Waals surface area (Å²) in [5, 5.41) is 1.24. The van der Waals surface area contributed by atoms with E-state index in [-0.39, 0.29) is 0 Å². The van der Waals surface area contributed by atoms with E-state index in [0.29, 0.717) is 113 Å². The molecule has 2 aromatic carbocycles. The molecular formula is C28H18N12O4S2. The Morgan fingerprint density at radius 1 is 0.457 bits per heavy atom. The maximum absolute atomic E-state index is 5.79. The zero-order valence-electron chi connectivity index (χ0n) is 24.2. The third kappa shape index (κ3) is 3.64. The first-order valence-electron chi connectivity index (χ1n) is 13.6. The number of benzene rings is 2. The van der Waals surface area contributed by atoms with Gasteiger partial charge in [-0.1, -0.05) is 0 Å². The van der Waals surface area contributed by atoms with Crippen molar-refractivity contribution < 1.29 is 18.9 Å². The van der Waals surface area contributed by atoms with Crippen molar-refractivity contribution in [1.82, 2.24) is 57.4 Å². The highest BCUT2D eigenvalue weighted by Crippen LogP contribution is 2.47. The van der Waals surface area contributed by atoms with Crippen molar-refractivity contribution in [3.05, 3.63) is 24.3 Å². The fourth-order valence-corrected chi connectivity index (χ4v) is 6.75. The number of methoxy groups -OCH3 is 4. The van der Waals surface area contributed by atoms with Crippen LogP contribution < -0.4 is 18.9 Å². The van der Waals surface area contributed by atoms with E-state index in [4.69, 9.17) is 48.9 Å². The van der Waals surface area contributed by atoms with Crippen LogP contribution in [0.3, 0.4) is 0 Å². The molecule has 0 amide bonds. The smallest absolute Gasteiger partial charge is 0.186 e. The molecular weight excluding hydrogens is 633 g/mol. The molecule has 0 radical (unpaired) electrons. The van der Waals surface area contributed by atoms with Crippen LogP contribution in [0.5, 0.6) is 23.0 Å². The molecule has 0 unspecified atom stereocenters. The Hall–Kier alpha value is -5.88. The van der Waals surface area contributed by atoms with Crippen LogP contribution in [-0.2, 0) is 0 Å². The number of hydrogen-bond donors (Lipinski definition) is 2. The minimum atomic E-state index is 0.309. The summed E-state index contributed by atoms with van der Waals surface area (Å²) in [5.41, 5.74) is 4.83. The van der Waals surface area contributed by atoms with Crippen LogP contribution in [0.25, 0.3) is 90.2 Å². The van der Waals surface area contributed by atoms with Crippen LogP contribution in [0.2, 0.25) is 0 Å². The van der Waals surface area contributed by atoms with Crippen LogP contribution in [0, 0.1) is 0 Å². The van der Waals surface area contributed by atoms with E-state index in [9.17, 15) is 0 Å². The van der Waals surface area contributed by atoms with E-state index in [1.165, 1.54) is 0 Å². The number of rotatable bonds is 4. The number of H-pyrrole nitrogens is 2. The Labute approximate surface area is 265 Å². The number of hydrogen-bond acceptors (Lipinski definition) is 16. The second-order valence-corrected chi connectivity index (χ2v) is 11.0. The Morgan fingerprint density at radius 2 is 0.848 bits per heavy atom. The van der Waals surface area contributed by atoms with E-state index in [0.717, 1.165) is 23.5 Å². The van der Waals surface area contributed by atoms with Gasteiger partial charge in [0.1, 0.15) is 34.3 Å². The molecule has 0 atom stereocenters. The molecule has 226 valence electrons. The second kappa shape index (κ2) is 9.81. The van der Waals surface area contributed by atoms with Gasteiger partial charge < -0.3 is 28.9 Å². The van der Waals surface area contributed by atoms with Crippen molar-refractivity contribution in [3.63, 3.8) is 0 Å². The van der Waals surface area contributed by atoms with Gasteiger partial charge in [-0.25, -0.2) is 29.9 Å². The van der Waals surface area contributed by atoms with Crippen molar-refractivity contribution in [3.8, 4) is 68.8 Å². The molecule has 7 heterocycles. The minimum absolute atomic E-state index is 0.309. The molecule has 7 aromatic rings. The molecule has 0 saturated carbocycles. The summed E-state index contributed by atoms with van der Waals surface area (Å²) in [6.45, 7) is 0. The van der Waals surface area contributed by atoms with Crippen LogP contribution in [0.1, 0.15) is 0 Å². The quantitative estimate of drug-likeness (QED) is 0.268. The molecule has 18 heteroatoms. The summed E-state index contributed by atoms with van der Waals surface area (Å²) < 4.78 is 41.0. The monoisotopic (exact) mass is 650 g/mol. The van der Waals surface area contributed by atoms with Gasteiger partial charge in [-0.15, -0.1) is 0 Å². The van der Waals surface area contributed by atoms with Crippen molar-refractivity contribution in [2.75, 3.05) is 28.4 Å². The third-order valence-corrected chi connectivity index (χ3v) is 8.73. The topological polar surface area (TPSA) is 197 Å². The number of nitrogens with one attached hydrogen (secondary N) is 2. The van der Waals surface area contributed by atoms with Gasteiger partial charge >= 0.3 is 0 Å². The van der Waals surface area contributed by atoms with Gasteiger partial charge in [-0.2, -0.15) is 17.5 Å². The van der Waals surface area contributed by atoms with E-state index in [1.54, 1.807) is 52.7 Å². The molecule has 9 rings (SSSR count). The molecule has 16 nitrogen and oxygen atoms in total. The lowest BCUT2D eigenvalue weighted by molar-refractivity contribution is 0.406. The molecule has 46 heavy (non-hydrogen) atoms. The van der Waals surface area contributed by atoms with Crippen LogP contribution in [-0.4, -0.2) is 85.8 Å². The van der Waals surface area contributed by atoms with Gasteiger partial charge in [-0.05, 0) is 24.3 Å². The Bertz CT molecular complexity index is 2570. The van der Waals surface area contributed by atoms with E-state index in [2.05, 4.69) is 27.5 Å². The number of aromatic nitrogens is 12. The highest BCUT2D eigenvalue weighted by atomic mass is 32.1. The van der Waals surface area contributed by atoms with E-state index < -0.39 is 0 Å². The van der Waals surface area contributed by atoms with E-state index in [1.807, 2.05) is 0 Å². The zero-order chi connectivity index (χ0) is 31.1. The van der Waals surface area contributed by atoms with Gasteiger partial charge in [0.2, 0.25) is 0 Å². The van der Waals surface area contributed by atoms with Gasteiger partial charge in [-0.3, -0.25) is 0 Å². The van der Waals surface area contributed by atoms with Gasteiger partial charge in [0.25, 0.3) is 0 Å². The summed E-state index contributed by atoms with van der Waals surface area (Å²) >= 11 is 2.09. The molecule has 2 aliphatic rings. The number of ether oxygens (including phenoxy) is 4. The summed E-state index contributed by atoms with van der Waals surface area (Å²) in [6.07, 6.45) is 0. The predicted octanol–water partition coefficient (Wildman–Crippen LogP) is 4.61. The first-order valence-corrected chi connectivity index (χ1v) is 15.0. The fraction of sp³-hybridized carbons (Fsp3) is 0.143. The van der Waals surface area contributed by atoms with Crippen LogP contribution >= 0.6 is 23.5 Å². The lowest BCUT2D eigenvalue weighted by atomic mass is 10.1. The van der Waals surface area contributed by atoms with Crippen molar-refractivity contribution in [2.24, 2.45) is 0 Å². The molecule has 0 spiro atoms. The fourth-order valence-electron chi connectivity index (χ4n) is 5.66. The lowest BCUT2D eigenvalue weighted by Crippen LogP contribution is -1.93. The molecule has 2 N–H and O–H groups in total. The average Bonchev–Trinajstić information content (AvgIpc) is 3.92. The Balaban J connectivity index is 1.53. The van der Waals surface area contributed by atoms with Gasteiger partial charge in [0, 0.05) is 0 Å². The zero-order valence-corrected chi connectivity index (χ0v) is 25.9. The normalized spacial score (nSPS) is 11.9. The second-order valence-electron chi connectivity index (χ2n) is 9.97. The highest BCUT2D eigenvalue weighted by molar-refractivity contribution is 7.00. The molecule has 5 aromatic heterocycles. The summed E-state index contributed by atoms with van der Waals surface area (Å²) in [6, 6.07) is 7.20. The largest absolute Gasteiger partial charge is 0.496 e. The molecule has 2 aliphatic heterocycles. The summed E-state index contributed by atoms with van der Waals surface area (Å²) in [5.74, 6) is 3.41. The summed E-state index contributed by atoms with van der Waals surface area (Å²) in [7, 11) is 6.33. The van der Waals surface area contributed by atoms with Gasteiger partial charge in [0.05, 0.1) is 73.8 Å². The average molecular weight is 651 g/mol. The molecule has 0 fully saturated rings. The van der Waals surface area contributed by atoms with Crippen LogP contribution in [0.15, 0.2) is 24.3 Å².